The number of anilines is 8. The highest BCUT2D eigenvalue weighted by molar-refractivity contribution is 9.11. The first kappa shape index (κ1) is 74.6. The average molecular weight is 1640 g/mol. The predicted molar refractivity (Wildman–Crippen MR) is 431 cm³/mol. The number of aryl methyl sites for hydroxylation is 10. The molecule has 108 heavy (non-hydrogen) atoms. The van der Waals surface area contributed by atoms with Crippen LogP contribution >= 0.6 is 47.8 Å². The third-order valence-corrected chi connectivity index (χ3v) is 20.3. The molecule has 0 radical (unpaired) electrons. The summed E-state index contributed by atoms with van der Waals surface area (Å²) in [6.45, 7) is 28.4. The molecule has 6 aromatic carbocycles. The minimum absolute atomic E-state index is 0.288. The van der Waals surface area contributed by atoms with Crippen LogP contribution in [0.15, 0.2) is 222 Å². The first-order valence-corrected chi connectivity index (χ1v) is 37.2. The van der Waals surface area contributed by atoms with Crippen LogP contribution in [0.3, 0.4) is 0 Å². The van der Waals surface area contributed by atoms with Crippen LogP contribution in [0.4, 0.5) is 50.0 Å². The van der Waals surface area contributed by atoms with Crippen molar-refractivity contribution in [1.29, 1.82) is 0 Å². The van der Waals surface area contributed by atoms with E-state index in [0.717, 1.165) is 180 Å². The van der Waals surface area contributed by atoms with Gasteiger partial charge in [-0.3, -0.25) is 0 Å². The summed E-state index contributed by atoms with van der Waals surface area (Å²) in [5, 5.41) is 20.6. The molecule has 10 heterocycles. The van der Waals surface area contributed by atoms with E-state index in [1.54, 1.807) is 73.1 Å². The van der Waals surface area contributed by atoms with Gasteiger partial charge >= 0.3 is 0 Å². The number of benzene rings is 6. The van der Waals surface area contributed by atoms with E-state index in [4.69, 9.17) is 18.1 Å². The monoisotopic (exact) mass is 1640 g/mol. The summed E-state index contributed by atoms with van der Waals surface area (Å²) in [5.41, 5.74) is 23.6. The number of fused-ring (bicyclic) bond motifs is 2. The molecule has 0 aliphatic rings. The Balaban J connectivity index is 0.000000127. The Morgan fingerprint density at radius 1 is 0.426 bits per heavy atom. The molecule has 0 atom stereocenters. The van der Waals surface area contributed by atoms with Gasteiger partial charge in [-0.1, -0.05) is 32.8 Å². The zero-order valence-corrected chi connectivity index (χ0v) is 66.5. The Bertz CT molecular complexity index is 5770. The number of rotatable bonds is 17. The van der Waals surface area contributed by atoms with E-state index >= 15 is 0 Å². The van der Waals surface area contributed by atoms with Crippen molar-refractivity contribution in [2.45, 2.75) is 90.0 Å². The molecule has 10 aromatic heterocycles. The van der Waals surface area contributed by atoms with Crippen molar-refractivity contribution in [2.75, 3.05) is 39.7 Å². The first-order chi connectivity index (χ1) is 52.2. The smallest absolute Gasteiger partial charge is 0.187 e. The van der Waals surface area contributed by atoms with Crippen LogP contribution in [0.2, 0.25) is 0 Å². The fourth-order valence-electron chi connectivity index (χ4n) is 12.9. The lowest BCUT2D eigenvalue weighted by molar-refractivity contribution is 0.393. The summed E-state index contributed by atoms with van der Waals surface area (Å²) in [6, 6.07) is 36.4. The van der Waals surface area contributed by atoms with Gasteiger partial charge in [0.25, 0.3) is 0 Å². The molecule has 0 unspecified atom stereocenters. The van der Waals surface area contributed by atoms with E-state index in [9.17, 15) is 4.39 Å². The first-order valence-electron chi connectivity index (χ1n) is 34.8. The van der Waals surface area contributed by atoms with Crippen LogP contribution in [-0.4, -0.2) is 93.4 Å². The van der Waals surface area contributed by atoms with Crippen molar-refractivity contribution >= 4 is 115 Å². The summed E-state index contributed by atoms with van der Waals surface area (Å²) in [4.78, 5) is 36.8. The van der Waals surface area contributed by atoms with E-state index in [1.807, 2.05) is 118 Å². The third-order valence-electron chi connectivity index (χ3n) is 18.4. The fraction of sp³-hybridized carbons (Fsp3) is 0.198. The highest BCUT2D eigenvalue weighted by Gasteiger charge is 2.23. The van der Waals surface area contributed by atoms with Crippen molar-refractivity contribution in [2.24, 2.45) is 0 Å². The Kier molecular flexibility index (Phi) is 22.5. The molecule has 16 aromatic rings. The van der Waals surface area contributed by atoms with Crippen molar-refractivity contribution < 1.29 is 22.5 Å². The quantitative estimate of drug-likeness (QED) is 0.0892. The van der Waals surface area contributed by atoms with E-state index in [0.29, 0.717) is 22.9 Å². The normalized spacial score (nSPS) is 11.1. The Labute approximate surface area is 648 Å². The van der Waals surface area contributed by atoms with Crippen LogP contribution < -0.4 is 20.0 Å². The van der Waals surface area contributed by atoms with Gasteiger partial charge in [0, 0.05) is 146 Å². The lowest BCUT2D eigenvalue weighted by Gasteiger charge is -2.26. The van der Waals surface area contributed by atoms with Crippen LogP contribution in [0.5, 0.6) is 0 Å². The van der Waals surface area contributed by atoms with Crippen LogP contribution in [-0.2, 0) is 0 Å². The van der Waals surface area contributed by atoms with E-state index in [2.05, 4.69) is 225 Å². The predicted octanol–water partition coefficient (Wildman–Crippen LogP) is 21.0. The number of nitrogens with one attached hydrogen (secondary N) is 1. The molecule has 0 aliphatic heterocycles. The van der Waals surface area contributed by atoms with Gasteiger partial charge in [-0.2, -0.15) is 0 Å². The third kappa shape index (κ3) is 15.8. The van der Waals surface area contributed by atoms with E-state index in [1.165, 1.54) is 6.07 Å². The number of halogens is 4. The van der Waals surface area contributed by atoms with Crippen LogP contribution in [0.1, 0.15) is 77.5 Å². The Hall–Kier alpha value is -11.7. The van der Waals surface area contributed by atoms with Gasteiger partial charge in [-0.15, -0.1) is 0 Å². The molecular formula is C81H77Br3FN19O4. The molecule has 0 saturated heterocycles. The molecule has 23 nitrogen and oxygen atoms in total. The van der Waals surface area contributed by atoms with Crippen molar-refractivity contribution in [3.63, 3.8) is 0 Å². The van der Waals surface area contributed by atoms with Gasteiger partial charge in [0.15, 0.2) is 17.0 Å². The zero-order chi connectivity index (χ0) is 76.0. The molecular weight excluding hydrogens is 1560 g/mol. The number of nitrogens with zero attached hydrogens (tertiary/aromatic N) is 18. The number of aromatic nitrogens is 15. The molecule has 1 N–H and O–H groups in total. The van der Waals surface area contributed by atoms with Gasteiger partial charge in [0.2, 0.25) is 0 Å². The molecule has 27 heteroatoms. The standard InChI is InChI=1S/C23H23FN4O.C20H19BrN4O.C19H17BrN6O.C19H18BrN5O/c1-5-28(19-8-9-20(24)22(13-19)27-11-10-25-14-27)21-12-18(7-6-15(21)2)23-16(3)26-29-17(23)4;1-4-25(19-11-16-14(3)23-26-20(16)9-13(19)2)15-5-6-18(17(21)10-15)24-8-7-22-12-24;1-11-9-22-19(17-12(2)25-27-13(17)3)24-18(11)23-14-4-5-16(15(20)8-14)26-7-6-21-10-26;1-4-25(17-10-18-19(22-12(17)2)13(3)23-26-18)14-5-6-16(15(20)9-14)24-8-7-21-11-24/h6-14H,5H2,1-4H3;5-12H,4H2,1-3H3;4-10H,1-3H3,(H,22,23,24);5-11H,4H2,1-3H3. The lowest BCUT2D eigenvalue weighted by Crippen LogP contribution is -2.17. The van der Waals surface area contributed by atoms with E-state index in [-0.39, 0.29) is 5.82 Å². The fourth-order valence-corrected chi connectivity index (χ4v) is 14.6. The highest BCUT2D eigenvalue weighted by Crippen LogP contribution is 2.40. The lowest BCUT2D eigenvalue weighted by atomic mass is 10.0. The topological polar surface area (TPSA) is 236 Å². The van der Waals surface area contributed by atoms with Crippen LogP contribution in [0.25, 0.3) is 67.3 Å². The molecule has 0 spiro atoms. The zero-order valence-electron chi connectivity index (χ0n) is 61.7. The second-order valence-electron chi connectivity index (χ2n) is 25.5. The highest BCUT2D eigenvalue weighted by atomic mass is 79.9. The maximum absolute atomic E-state index is 14.4. The second kappa shape index (κ2) is 32.6. The van der Waals surface area contributed by atoms with Crippen molar-refractivity contribution in [1.82, 2.24) is 73.8 Å². The average Bonchev–Trinajstić information content (AvgIpc) is 1.48. The molecule has 0 aliphatic carbocycles. The molecule has 0 fully saturated rings. The maximum Gasteiger partial charge on any atom is 0.187 e. The molecule has 0 bridgehead atoms. The van der Waals surface area contributed by atoms with Gasteiger partial charge < -0.3 is 56.4 Å². The number of hydrogen-bond donors (Lipinski definition) is 1. The van der Waals surface area contributed by atoms with Gasteiger partial charge in [0.05, 0.1) is 82.1 Å². The maximum atomic E-state index is 14.4. The van der Waals surface area contributed by atoms with Gasteiger partial charge in [0.1, 0.15) is 34.4 Å². The molecule has 0 amide bonds. The summed E-state index contributed by atoms with van der Waals surface area (Å²) in [7, 11) is 0. The summed E-state index contributed by atoms with van der Waals surface area (Å²) < 4.78 is 46.4. The SMILES string of the molecule is CCN(c1ccc(-n2ccnc2)c(Br)c1)c1cc2c(C)noc2cc1C.CCN(c1ccc(-n2ccnc2)c(Br)c1)c1cc2onc(C)c2nc1C.CCN(c1ccc(F)c(-n2ccnc2)c1)c1cc(-c2c(C)noc2C)ccc1C.Cc1cnc(-c2c(C)noc2C)nc1Nc1ccc(-n2ccnc2)c(Br)c1. The minimum atomic E-state index is -0.288. The van der Waals surface area contributed by atoms with Crippen LogP contribution in [0, 0.1) is 75.1 Å². The summed E-state index contributed by atoms with van der Waals surface area (Å²) in [6.07, 6.45) is 23.2. The molecule has 16 rings (SSSR count). The largest absolute Gasteiger partial charge is 0.361 e. The summed E-state index contributed by atoms with van der Waals surface area (Å²) >= 11 is 11.0. The number of pyridine rings is 1. The molecule has 548 valence electrons. The summed E-state index contributed by atoms with van der Waals surface area (Å²) in [5.74, 6) is 2.54. The van der Waals surface area contributed by atoms with Gasteiger partial charge in [-0.25, -0.2) is 39.3 Å². The molecule has 0 saturated carbocycles. The minimum Gasteiger partial charge on any atom is -0.361 e. The Morgan fingerprint density at radius 3 is 1.44 bits per heavy atom. The van der Waals surface area contributed by atoms with Gasteiger partial charge in [-0.05, 0) is 245 Å². The van der Waals surface area contributed by atoms with Crippen molar-refractivity contribution in [3.8, 4) is 45.3 Å². The number of hydrogen-bond acceptors (Lipinski definition) is 19. The number of imidazole rings is 4. The second-order valence-corrected chi connectivity index (χ2v) is 28.1. The Morgan fingerprint density at radius 2 is 0.917 bits per heavy atom. The van der Waals surface area contributed by atoms with E-state index < -0.39 is 0 Å². The van der Waals surface area contributed by atoms with Crippen molar-refractivity contribution in [3.05, 3.63) is 266 Å².